The van der Waals surface area contributed by atoms with E-state index in [1.807, 2.05) is 39.2 Å². The molecule has 0 aliphatic rings. The lowest BCUT2D eigenvalue weighted by Crippen LogP contribution is -2.43. The largest absolute Gasteiger partial charge is 0.491 e. The first-order chi connectivity index (χ1) is 8.24. The Hall–Kier alpha value is -1.13. The molecule has 0 unspecified atom stereocenters. The van der Waals surface area contributed by atoms with Gasteiger partial charge in [0.15, 0.2) is 0 Å². The molecule has 0 spiro atoms. The summed E-state index contributed by atoms with van der Waals surface area (Å²) in [6, 6.07) is 5.87. The summed E-state index contributed by atoms with van der Waals surface area (Å²) in [5, 5.41) is 0. The van der Waals surface area contributed by atoms with E-state index in [4.69, 9.17) is 22.7 Å². The first-order valence-electron chi connectivity index (χ1n) is 5.95. The first-order valence-corrected chi connectivity index (χ1v) is 6.35. The molecule has 0 fully saturated rings. The number of hydrogen-bond acceptors (Lipinski definition) is 3. The Morgan fingerprint density at radius 3 is 2.50 bits per heavy atom. The van der Waals surface area contributed by atoms with Gasteiger partial charge < -0.3 is 15.4 Å². The topological polar surface area (TPSA) is 38.5 Å². The molecule has 1 rings (SSSR count). The monoisotopic (exact) mass is 266 g/mol. The maximum Gasteiger partial charge on any atom is 0.129 e. The van der Waals surface area contributed by atoms with E-state index in [0.717, 1.165) is 16.9 Å². The number of rotatable bonds is 5. The van der Waals surface area contributed by atoms with E-state index in [1.54, 1.807) is 0 Å². The number of thiocarbonyl (C=S) groups is 1. The van der Waals surface area contributed by atoms with Crippen LogP contribution in [0.1, 0.15) is 25.0 Å². The third kappa shape index (κ3) is 3.68. The van der Waals surface area contributed by atoms with E-state index in [9.17, 15) is 0 Å². The van der Waals surface area contributed by atoms with Gasteiger partial charge in [-0.15, -0.1) is 0 Å². The summed E-state index contributed by atoms with van der Waals surface area (Å²) in [5.74, 6) is 0.762. The fourth-order valence-corrected chi connectivity index (χ4v) is 1.50. The van der Waals surface area contributed by atoms with Crippen molar-refractivity contribution in [3.63, 3.8) is 0 Å². The average molecular weight is 266 g/mol. The maximum atomic E-state index is 5.90. The molecule has 0 aromatic heterocycles. The molecule has 0 bridgehead atoms. The van der Waals surface area contributed by atoms with Crippen LogP contribution < -0.4 is 10.5 Å². The van der Waals surface area contributed by atoms with E-state index < -0.39 is 0 Å². The minimum Gasteiger partial charge on any atom is -0.491 e. The second-order valence-electron chi connectivity index (χ2n) is 5.36. The highest BCUT2D eigenvalue weighted by Crippen LogP contribution is 2.22. The van der Waals surface area contributed by atoms with Crippen molar-refractivity contribution in [1.82, 2.24) is 4.90 Å². The van der Waals surface area contributed by atoms with E-state index in [2.05, 4.69) is 18.7 Å². The van der Waals surface area contributed by atoms with Crippen LogP contribution in [0, 0.1) is 6.92 Å². The summed E-state index contributed by atoms with van der Waals surface area (Å²) in [6.45, 7) is 6.86. The molecule has 0 aliphatic carbocycles. The quantitative estimate of drug-likeness (QED) is 0.830. The van der Waals surface area contributed by atoms with Crippen LogP contribution >= 0.6 is 12.2 Å². The predicted octanol–water partition coefficient (Wildman–Crippen LogP) is 2.35. The maximum absolute atomic E-state index is 5.90. The van der Waals surface area contributed by atoms with Gasteiger partial charge in [-0.05, 0) is 52.6 Å². The third-order valence-electron chi connectivity index (χ3n) is 3.19. The van der Waals surface area contributed by atoms with Crippen molar-refractivity contribution in [2.75, 3.05) is 20.7 Å². The Bertz CT molecular complexity index is 441. The fourth-order valence-electron chi connectivity index (χ4n) is 1.34. The smallest absolute Gasteiger partial charge is 0.129 e. The molecular weight excluding hydrogens is 244 g/mol. The zero-order chi connectivity index (χ0) is 13.9. The summed E-state index contributed by atoms with van der Waals surface area (Å²) >= 11 is 5.04. The van der Waals surface area contributed by atoms with Gasteiger partial charge in [-0.2, -0.15) is 0 Å². The van der Waals surface area contributed by atoms with Gasteiger partial charge in [0, 0.05) is 5.54 Å². The van der Waals surface area contributed by atoms with Crippen LogP contribution in [0.3, 0.4) is 0 Å². The van der Waals surface area contributed by atoms with Gasteiger partial charge in [-0.3, -0.25) is 0 Å². The molecule has 3 nitrogen and oxygen atoms in total. The van der Waals surface area contributed by atoms with Crippen LogP contribution in [-0.2, 0) is 0 Å². The molecular formula is C14H22N2OS. The lowest BCUT2D eigenvalue weighted by molar-refractivity contribution is 0.114. The van der Waals surface area contributed by atoms with Crippen molar-refractivity contribution in [3.05, 3.63) is 29.3 Å². The highest BCUT2D eigenvalue weighted by Gasteiger charge is 2.22. The van der Waals surface area contributed by atoms with Crippen molar-refractivity contribution >= 4 is 17.2 Å². The van der Waals surface area contributed by atoms with Gasteiger partial charge in [0.1, 0.15) is 17.3 Å². The Kier molecular flexibility index (Phi) is 4.71. The van der Waals surface area contributed by atoms with Gasteiger partial charge >= 0.3 is 0 Å². The van der Waals surface area contributed by atoms with Crippen LogP contribution in [0.4, 0.5) is 0 Å². The Labute approximate surface area is 115 Å². The summed E-state index contributed by atoms with van der Waals surface area (Å²) in [7, 11) is 4.07. The number of likely N-dealkylation sites (N-methyl/N-ethyl adjacent to an activating group) is 1. The molecule has 0 amide bonds. The lowest BCUT2D eigenvalue weighted by Gasteiger charge is -2.32. The van der Waals surface area contributed by atoms with Gasteiger partial charge in [-0.25, -0.2) is 0 Å². The standard InChI is InChI=1S/C14H22N2OS/c1-10-6-7-11(13(15)18)12(8-10)17-9-14(2,3)16(4)5/h6-8H,9H2,1-5H3,(H2,15,18). The van der Waals surface area contributed by atoms with E-state index >= 15 is 0 Å². The van der Waals surface area contributed by atoms with Crippen LogP contribution in [-0.4, -0.2) is 36.1 Å². The minimum atomic E-state index is -0.0444. The fraction of sp³-hybridized carbons (Fsp3) is 0.500. The molecule has 0 aliphatic heterocycles. The molecule has 1 aromatic rings. The van der Waals surface area contributed by atoms with E-state index in [0.29, 0.717) is 11.6 Å². The van der Waals surface area contributed by atoms with Crippen LogP contribution in [0.15, 0.2) is 18.2 Å². The third-order valence-corrected chi connectivity index (χ3v) is 3.41. The van der Waals surface area contributed by atoms with Crippen LogP contribution in [0.2, 0.25) is 0 Å². The highest BCUT2D eigenvalue weighted by molar-refractivity contribution is 7.80. The molecule has 100 valence electrons. The summed E-state index contributed by atoms with van der Waals surface area (Å²) in [4.78, 5) is 2.50. The molecule has 18 heavy (non-hydrogen) atoms. The van der Waals surface area contributed by atoms with E-state index in [1.165, 1.54) is 0 Å². The summed E-state index contributed by atoms with van der Waals surface area (Å²) in [6.07, 6.45) is 0. The van der Waals surface area contributed by atoms with Crippen molar-refractivity contribution in [2.24, 2.45) is 5.73 Å². The molecule has 1 aromatic carbocycles. The second-order valence-corrected chi connectivity index (χ2v) is 5.80. The molecule has 0 saturated heterocycles. The summed E-state index contributed by atoms with van der Waals surface area (Å²) in [5.41, 5.74) is 7.59. The van der Waals surface area contributed by atoms with Gasteiger partial charge in [0.25, 0.3) is 0 Å². The van der Waals surface area contributed by atoms with Crippen molar-refractivity contribution in [2.45, 2.75) is 26.3 Å². The van der Waals surface area contributed by atoms with Crippen LogP contribution in [0.25, 0.3) is 0 Å². The average Bonchev–Trinajstić information content (AvgIpc) is 2.26. The normalized spacial score (nSPS) is 11.7. The minimum absolute atomic E-state index is 0.0444. The first kappa shape index (κ1) is 14.9. The molecule has 0 heterocycles. The van der Waals surface area contributed by atoms with Gasteiger partial charge in [-0.1, -0.05) is 18.3 Å². The number of nitrogens with zero attached hydrogens (tertiary/aromatic N) is 1. The van der Waals surface area contributed by atoms with Crippen molar-refractivity contribution in [3.8, 4) is 5.75 Å². The van der Waals surface area contributed by atoms with Crippen molar-refractivity contribution in [1.29, 1.82) is 0 Å². The predicted molar refractivity (Wildman–Crippen MR) is 80.3 cm³/mol. The Balaban J connectivity index is 2.90. The molecule has 2 N–H and O–H groups in total. The van der Waals surface area contributed by atoms with E-state index in [-0.39, 0.29) is 5.54 Å². The molecule has 0 radical (unpaired) electrons. The number of aryl methyl sites for hydroxylation is 1. The summed E-state index contributed by atoms with van der Waals surface area (Å²) < 4.78 is 5.90. The number of nitrogens with two attached hydrogens (primary N) is 1. The number of benzene rings is 1. The molecule has 4 heteroatoms. The zero-order valence-electron chi connectivity index (χ0n) is 11.8. The highest BCUT2D eigenvalue weighted by atomic mass is 32.1. The Morgan fingerprint density at radius 1 is 1.39 bits per heavy atom. The lowest BCUT2D eigenvalue weighted by atomic mass is 10.1. The Morgan fingerprint density at radius 2 is 2.00 bits per heavy atom. The molecule has 0 saturated carbocycles. The number of hydrogen-bond donors (Lipinski definition) is 1. The van der Waals surface area contributed by atoms with Gasteiger partial charge in [0.2, 0.25) is 0 Å². The second kappa shape index (κ2) is 5.67. The SMILES string of the molecule is Cc1ccc(C(N)=S)c(OCC(C)(C)N(C)C)c1. The van der Waals surface area contributed by atoms with Crippen molar-refractivity contribution < 1.29 is 4.74 Å². The zero-order valence-corrected chi connectivity index (χ0v) is 12.6. The van der Waals surface area contributed by atoms with Crippen LogP contribution in [0.5, 0.6) is 5.75 Å². The van der Waals surface area contributed by atoms with Gasteiger partial charge in [0.05, 0.1) is 5.56 Å². The molecule has 0 atom stereocenters. The number of ether oxygens (including phenoxy) is 1.